The van der Waals surface area contributed by atoms with Crippen LogP contribution in [0.1, 0.15) is 44.5 Å². The molecule has 1 aliphatic heterocycles. The number of aromatic nitrogens is 2. The van der Waals surface area contributed by atoms with Crippen molar-refractivity contribution in [3.63, 3.8) is 0 Å². The van der Waals surface area contributed by atoms with Crippen molar-refractivity contribution in [1.29, 1.82) is 0 Å². The maximum Gasteiger partial charge on any atom is 0.0847 e. The average molecular weight is 314 g/mol. The Kier molecular flexibility index (Phi) is 5.30. The number of rotatable bonds is 6. The molecule has 2 rings (SSSR count). The fraction of sp³-hybridized carbons (Fsp3) is 0.800. The second-order valence-electron chi connectivity index (χ2n) is 6.30. The second-order valence-corrected chi connectivity index (χ2v) is 6.68. The summed E-state index contributed by atoms with van der Waals surface area (Å²) in [6.45, 7) is 8.79. The van der Waals surface area contributed by atoms with E-state index in [4.69, 9.17) is 17.4 Å². The van der Waals surface area contributed by atoms with Gasteiger partial charge in [-0.25, -0.2) is 0 Å². The van der Waals surface area contributed by atoms with Crippen molar-refractivity contribution in [3.05, 3.63) is 16.4 Å². The Morgan fingerprint density at radius 1 is 1.43 bits per heavy atom. The highest BCUT2D eigenvalue weighted by molar-refractivity contribution is 6.31. The van der Waals surface area contributed by atoms with E-state index in [1.165, 1.54) is 12.8 Å². The van der Waals surface area contributed by atoms with E-state index in [1.54, 1.807) is 0 Å². The third kappa shape index (κ3) is 3.11. The van der Waals surface area contributed by atoms with Gasteiger partial charge >= 0.3 is 0 Å². The molecule has 0 aliphatic carbocycles. The van der Waals surface area contributed by atoms with Crippen molar-refractivity contribution < 1.29 is 0 Å². The number of hydrogen-bond acceptors (Lipinski definition) is 4. The smallest absolute Gasteiger partial charge is 0.0847 e. The van der Waals surface area contributed by atoms with Crippen molar-refractivity contribution >= 4 is 11.6 Å². The van der Waals surface area contributed by atoms with Gasteiger partial charge in [-0.2, -0.15) is 5.10 Å². The molecule has 2 atom stereocenters. The summed E-state index contributed by atoms with van der Waals surface area (Å²) in [4.78, 5) is 2.56. The fourth-order valence-corrected chi connectivity index (χ4v) is 3.71. The molecule has 0 aromatic carbocycles. The first kappa shape index (κ1) is 16.7. The molecule has 1 saturated heterocycles. The number of halogens is 1. The zero-order valence-corrected chi connectivity index (χ0v) is 14.4. The molecule has 5 nitrogen and oxygen atoms in total. The van der Waals surface area contributed by atoms with E-state index < -0.39 is 0 Å². The Hall–Kier alpha value is -0.620. The van der Waals surface area contributed by atoms with Gasteiger partial charge in [0.25, 0.3) is 0 Å². The van der Waals surface area contributed by atoms with Crippen LogP contribution in [0, 0.1) is 6.92 Å². The molecule has 0 bridgehead atoms. The SMILES string of the molecule is CCC(C)(C(Cc1c(Cl)c(C)nn1C)NN)N1CCCC1. The second kappa shape index (κ2) is 6.65. The molecule has 1 fully saturated rings. The Morgan fingerprint density at radius 2 is 2.05 bits per heavy atom. The first-order chi connectivity index (χ1) is 9.93. The van der Waals surface area contributed by atoms with Gasteiger partial charge in [0.15, 0.2) is 0 Å². The van der Waals surface area contributed by atoms with Gasteiger partial charge < -0.3 is 0 Å². The standard InChI is InChI=1S/C15H28ClN5/c1-5-15(3,21-8-6-7-9-21)13(18-17)10-12-14(16)11(2)19-20(12)4/h13,18H,5-10,17H2,1-4H3. The molecule has 6 heteroatoms. The normalized spacial score (nSPS) is 20.7. The van der Waals surface area contributed by atoms with Crippen molar-refractivity contribution in [2.45, 2.75) is 58.0 Å². The minimum absolute atomic E-state index is 0.0345. The maximum atomic E-state index is 6.40. The molecule has 21 heavy (non-hydrogen) atoms. The molecule has 1 aliphatic rings. The molecule has 2 unspecified atom stereocenters. The minimum Gasteiger partial charge on any atom is -0.296 e. The molecule has 1 aromatic rings. The van der Waals surface area contributed by atoms with E-state index in [0.29, 0.717) is 0 Å². The van der Waals surface area contributed by atoms with Crippen molar-refractivity contribution in [2.24, 2.45) is 12.9 Å². The summed E-state index contributed by atoms with van der Waals surface area (Å²) in [5.41, 5.74) is 5.01. The van der Waals surface area contributed by atoms with Crippen molar-refractivity contribution in [1.82, 2.24) is 20.1 Å². The Labute approximate surface area is 132 Å². The summed E-state index contributed by atoms with van der Waals surface area (Å²) < 4.78 is 1.88. The number of nitrogens with zero attached hydrogens (tertiary/aromatic N) is 3. The van der Waals surface area contributed by atoms with Gasteiger partial charge in [0, 0.05) is 25.0 Å². The zero-order chi connectivity index (χ0) is 15.6. The number of nitrogens with two attached hydrogens (primary N) is 1. The highest BCUT2D eigenvalue weighted by Gasteiger charge is 2.39. The van der Waals surface area contributed by atoms with Gasteiger partial charge in [0.2, 0.25) is 0 Å². The maximum absolute atomic E-state index is 6.40. The van der Waals surface area contributed by atoms with Gasteiger partial charge in [0.05, 0.1) is 16.4 Å². The summed E-state index contributed by atoms with van der Waals surface area (Å²) in [6, 6.07) is 0.146. The molecule has 1 aromatic heterocycles. The minimum atomic E-state index is 0.0345. The van der Waals surface area contributed by atoms with Crippen LogP contribution in [-0.4, -0.2) is 39.4 Å². The van der Waals surface area contributed by atoms with Crippen LogP contribution >= 0.6 is 11.6 Å². The summed E-state index contributed by atoms with van der Waals surface area (Å²) >= 11 is 6.40. The van der Waals surface area contributed by atoms with Crippen LogP contribution in [0.25, 0.3) is 0 Å². The van der Waals surface area contributed by atoms with Crippen LogP contribution < -0.4 is 11.3 Å². The lowest BCUT2D eigenvalue weighted by Crippen LogP contribution is -2.61. The monoisotopic (exact) mass is 313 g/mol. The Balaban J connectivity index is 2.25. The van der Waals surface area contributed by atoms with Gasteiger partial charge in [0.1, 0.15) is 0 Å². The lowest BCUT2D eigenvalue weighted by atomic mass is 9.85. The largest absolute Gasteiger partial charge is 0.296 e. The van der Waals surface area contributed by atoms with E-state index >= 15 is 0 Å². The van der Waals surface area contributed by atoms with Crippen molar-refractivity contribution in [3.8, 4) is 0 Å². The van der Waals surface area contributed by atoms with Gasteiger partial charge in [-0.05, 0) is 46.2 Å². The molecular formula is C15H28ClN5. The van der Waals surface area contributed by atoms with Crippen LogP contribution in [0.4, 0.5) is 0 Å². The van der Waals surface area contributed by atoms with Crippen LogP contribution in [0.15, 0.2) is 0 Å². The van der Waals surface area contributed by atoms with E-state index in [0.717, 1.165) is 42.3 Å². The van der Waals surface area contributed by atoms with E-state index in [2.05, 4.69) is 29.3 Å². The predicted molar refractivity (Wildman–Crippen MR) is 87.3 cm³/mol. The van der Waals surface area contributed by atoms with Crippen LogP contribution in [0.3, 0.4) is 0 Å². The molecule has 0 amide bonds. The van der Waals surface area contributed by atoms with E-state index in [9.17, 15) is 0 Å². The van der Waals surface area contributed by atoms with Gasteiger partial charge in [-0.1, -0.05) is 18.5 Å². The fourth-order valence-electron chi connectivity index (χ4n) is 3.47. The number of hydrogen-bond donors (Lipinski definition) is 2. The molecule has 2 heterocycles. The van der Waals surface area contributed by atoms with E-state index in [-0.39, 0.29) is 11.6 Å². The third-order valence-electron chi connectivity index (χ3n) is 5.16. The van der Waals surface area contributed by atoms with Crippen LogP contribution in [0.5, 0.6) is 0 Å². The predicted octanol–water partition coefficient (Wildman–Crippen LogP) is 2.02. The number of hydrazine groups is 1. The van der Waals surface area contributed by atoms with Crippen LogP contribution in [0.2, 0.25) is 5.02 Å². The summed E-state index contributed by atoms with van der Waals surface area (Å²) in [7, 11) is 1.95. The highest BCUT2D eigenvalue weighted by atomic mass is 35.5. The molecule has 0 spiro atoms. The lowest BCUT2D eigenvalue weighted by molar-refractivity contribution is 0.0833. The quantitative estimate of drug-likeness (QED) is 0.623. The molecule has 0 radical (unpaired) electrons. The summed E-state index contributed by atoms with van der Waals surface area (Å²) in [6.07, 6.45) is 4.39. The Bertz CT molecular complexity index is 481. The van der Waals surface area contributed by atoms with Gasteiger partial charge in [-0.15, -0.1) is 0 Å². The number of nitrogens with one attached hydrogen (secondary N) is 1. The van der Waals surface area contributed by atoms with E-state index in [1.807, 2.05) is 18.7 Å². The first-order valence-corrected chi connectivity index (χ1v) is 8.21. The lowest BCUT2D eigenvalue weighted by Gasteiger charge is -2.44. The number of aryl methyl sites for hydroxylation is 2. The number of likely N-dealkylation sites (tertiary alicyclic amines) is 1. The zero-order valence-electron chi connectivity index (χ0n) is 13.6. The average Bonchev–Trinajstić information content (AvgIpc) is 3.08. The molecule has 3 N–H and O–H groups in total. The Morgan fingerprint density at radius 3 is 2.48 bits per heavy atom. The van der Waals surface area contributed by atoms with Crippen LogP contribution in [-0.2, 0) is 13.5 Å². The molecule has 0 saturated carbocycles. The summed E-state index contributed by atoms with van der Waals surface area (Å²) in [5, 5.41) is 5.17. The molecule has 120 valence electrons. The van der Waals surface area contributed by atoms with Crippen molar-refractivity contribution in [2.75, 3.05) is 13.1 Å². The van der Waals surface area contributed by atoms with Gasteiger partial charge in [-0.3, -0.25) is 20.9 Å². The first-order valence-electron chi connectivity index (χ1n) is 7.83. The topological polar surface area (TPSA) is 59.1 Å². The highest BCUT2D eigenvalue weighted by Crippen LogP contribution is 2.31. The third-order valence-corrected chi connectivity index (χ3v) is 5.65. The molecular weight excluding hydrogens is 286 g/mol. The summed E-state index contributed by atoms with van der Waals surface area (Å²) in [5.74, 6) is 5.91.